The SMILES string of the molecule is N#CC(C#N)=C(N)/C(C#N)=C/c1ccc(Cl)c(Cl)c1. The summed E-state index contributed by atoms with van der Waals surface area (Å²) in [5, 5.41) is 27.1. The van der Waals surface area contributed by atoms with E-state index in [1.165, 1.54) is 6.08 Å². The van der Waals surface area contributed by atoms with Crippen molar-refractivity contribution in [1.82, 2.24) is 0 Å². The zero-order chi connectivity index (χ0) is 14.4. The molecule has 0 bridgehead atoms. The monoisotopic (exact) mass is 288 g/mol. The maximum absolute atomic E-state index is 9.01. The minimum absolute atomic E-state index is 0.0106. The molecule has 0 aliphatic carbocycles. The maximum Gasteiger partial charge on any atom is 0.153 e. The third-order valence-electron chi connectivity index (χ3n) is 2.16. The van der Waals surface area contributed by atoms with Crippen molar-refractivity contribution < 1.29 is 0 Å². The van der Waals surface area contributed by atoms with E-state index in [1.54, 1.807) is 30.3 Å². The number of allylic oxidation sites excluding steroid dienone is 2. The summed E-state index contributed by atoms with van der Waals surface area (Å²) in [4.78, 5) is 0. The summed E-state index contributed by atoms with van der Waals surface area (Å²) in [7, 11) is 0. The molecule has 0 aliphatic heterocycles. The molecule has 0 heterocycles. The molecule has 1 rings (SSSR count). The first-order valence-electron chi connectivity index (χ1n) is 4.90. The molecule has 6 heteroatoms. The van der Waals surface area contributed by atoms with Crippen molar-refractivity contribution in [1.29, 1.82) is 15.8 Å². The Morgan fingerprint density at radius 3 is 2.16 bits per heavy atom. The lowest BCUT2D eigenvalue weighted by molar-refractivity contribution is 1.31. The van der Waals surface area contributed by atoms with Crippen LogP contribution >= 0.6 is 23.2 Å². The summed E-state index contributed by atoms with van der Waals surface area (Å²) >= 11 is 11.6. The molecule has 4 nitrogen and oxygen atoms in total. The van der Waals surface area contributed by atoms with E-state index in [4.69, 9.17) is 44.7 Å². The molecule has 19 heavy (non-hydrogen) atoms. The van der Waals surface area contributed by atoms with E-state index in [0.29, 0.717) is 15.6 Å². The van der Waals surface area contributed by atoms with E-state index in [0.717, 1.165) is 0 Å². The topological polar surface area (TPSA) is 97.4 Å². The molecule has 0 fully saturated rings. The highest BCUT2D eigenvalue weighted by atomic mass is 35.5. The minimum Gasteiger partial charge on any atom is -0.396 e. The number of nitrogens with zero attached hydrogens (tertiary/aromatic N) is 3. The zero-order valence-corrected chi connectivity index (χ0v) is 11.0. The van der Waals surface area contributed by atoms with Gasteiger partial charge >= 0.3 is 0 Å². The van der Waals surface area contributed by atoms with Crippen molar-refractivity contribution in [3.8, 4) is 18.2 Å². The third-order valence-corrected chi connectivity index (χ3v) is 2.90. The van der Waals surface area contributed by atoms with Crippen molar-refractivity contribution in [3.63, 3.8) is 0 Å². The lowest BCUT2D eigenvalue weighted by Crippen LogP contribution is -2.03. The van der Waals surface area contributed by atoms with Gasteiger partial charge in [0.25, 0.3) is 0 Å². The van der Waals surface area contributed by atoms with Gasteiger partial charge in [0.1, 0.15) is 18.2 Å². The van der Waals surface area contributed by atoms with Crippen LogP contribution in [0.25, 0.3) is 6.08 Å². The molecule has 0 aromatic heterocycles. The molecule has 0 saturated heterocycles. The first-order valence-corrected chi connectivity index (χ1v) is 5.66. The van der Waals surface area contributed by atoms with Crippen LogP contribution in [-0.4, -0.2) is 0 Å². The Hall–Kier alpha value is -2.45. The Morgan fingerprint density at radius 1 is 1.05 bits per heavy atom. The van der Waals surface area contributed by atoms with Crippen LogP contribution in [0.15, 0.2) is 35.0 Å². The lowest BCUT2D eigenvalue weighted by atomic mass is 10.1. The van der Waals surface area contributed by atoms with Crippen LogP contribution in [0.1, 0.15) is 5.56 Å². The number of rotatable bonds is 2. The van der Waals surface area contributed by atoms with Gasteiger partial charge in [-0.15, -0.1) is 0 Å². The highest BCUT2D eigenvalue weighted by molar-refractivity contribution is 6.42. The molecule has 2 N–H and O–H groups in total. The van der Waals surface area contributed by atoms with Crippen molar-refractivity contribution in [3.05, 3.63) is 50.7 Å². The molecule has 0 saturated carbocycles. The van der Waals surface area contributed by atoms with Gasteiger partial charge < -0.3 is 5.73 Å². The van der Waals surface area contributed by atoms with E-state index in [1.807, 2.05) is 6.07 Å². The normalized spacial score (nSPS) is 9.95. The predicted molar refractivity (Wildman–Crippen MR) is 72.5 cm³/mol. The fourth-order valence-corrected chi connectivity index (χ4v) is 1.53. The van der Waals surface area contributed by atoms with Crippen LogP contribution in [0.4, 0.5) is 0 Å². The largest absolute Gasteiger partial charge is 0.396 e. The number of halogens is 2. The van der Waals surface area contributed by atoms with Crippen LogP contribution in [0.3, 0.4) is 0 Å². The second-order valence-electron chi connectivity index (χ2n) is 3.36. The van der Waals surface area contributed by atoms with Gasteiger partial charge in [-0.2, -0.15) is 15.8 Å². The number of hydrogen-bond acceptors (Lipinski definition) is 4. The number of hydrogen-bond donors (Lipinski definition) is 1. The van der Waals surface area contributed by atoms with Crippen LogP contribution in [0.5, 0.6) is 0 Å². The molecule has 0 amide bonds. The van der Waals surface area contributed by atoms with E-state index >= 15 is 0 Å². The molecule has 0 unspecified atom stereocenters. The van der Waals surface area contributed by atoms with E-state index in [-0.39, 0.29) is 16.8 Å². The number of benzene rings is 1. The maximum atomic E-state index is 9.01. The molecule has 0 spiro atoms. The van der Waals surface area contributed by atoms with Gasteiger partial charge in [-0.05, 0) is 23.8 Å². The molecule has 1 aromatic carbocycles. The fraction of sp³-hybridized carbons (Fsp3) is 0. The van der Waals surface area contributed by atoms with Crippen molar-refractivity contribution in [2.45, 2.75) is 0 Å². The quantitative estimate of drug-likeness (QED) is 0.667. The number of nitrogens with two attached hydrogens (primary N) is 1. The van der Waals surface area contributed by atoms with Crippen molar-refractivity contribution in [2.75, 3.05) is 0 Å². The van der Waals surface area contributed by atoms with Crippen molar-refractivity contribution >= 4 is 29.3 Å². The van der Waals surface area contributed by atoms with Crippen LogP contribution < -0.4 is 5.73 Å². The van der Waals surface area contributed by atoms with Crippen LogP contribution in [0.2, 0.25) is 10.0 Å². The minimum atomic E-state index is -0.312. The second-order valence-corrected chi connectivity index (χ2v) is 4.17. The Bertz CT molecular complexity index is 681. The average molecular weight is 289 g/mol. The van der Waals surface area contributed by atoms with Gasteiger partial charge in [0, 0.05) is 0 Å². The first kappa shape index (κ1) is 14.6. The van der Waals surface area contributed by atoms with E-state index < -0.39 is 0 Å². The summed E-state index contributed by atoms with van der Waals surface area (Å²) in [5.74, 6) is 0. The van der Waals surface area contributed by atoms with Gasteiger partial charge in [-0.25, -0.2) is 0 Å². The van der Waals surface area contributed by atoms with Gasteiger partial charge in [0.2, 0.25) is 0 Å². The van der Waals surface area contributed by atoms with Gasteiger partial charge in [-0.3, -0.25) is 0 Å². The molecular formula is C13H6Cl2N4. The predicted octanol–water partition coefficient (Wildman–Crippen LogP) is 3.16. The standard InChI is InChI=1S/C13H6Cl2N4/c14-11-2-1-8(4-12(11)15)3-9(5-16)13(19)10(6-17)7-18/h1-4H,19H2/b9-3+. The average Bonchev–Trinajstić information content (AvgIpc) is 2.41. The van der Waals surface area contributed by atoms with Crippen molar-refractivity contribution in [2.24, 2.45) is 5.73 Å². The molecule has 0 atom stereocenters. The second kappa shape index (κ2) is 6.47. The van der Waals surface area contributed by atoms with E-state index in [9.17, 15) is 0 Å². The Kier molecular flexibility index (Phi) is 4.98. The zero-order valence-electron chi connectivity index (χ0n) is 9.48. The Balaban J connectivity index is 3.33. The van der Waals surface area contributed by atoms with Gasteiger partial charge in [0.15, 0.2) is 5.57 Å². The summed E-state index contributed by atoms with van der Waals surface area (Å²) < 4.78 is 0. The molecular weight excluding hydrogens is 283 g/mol. The molecule has 0 radical (unpaired) electrons. The number of nitriles is 3. The summed E-state index contributed by atoms with van der Waals surface area (Å²) in [6.07, 6.45) is 1.42. The summed E-state index contributed by atoms with van der Waals surface area (Å²) in [5.41, 5.74) is 5.71. The Labute approximate surface area is 120 Å². The van der Waals surface area contributed by atoms with Gasteiger partial charge in [0.05, 0.1) is 21.3 Å². The highest BCUT2D eigenvalue weighted by Gasteiger charge is 2.08. The molecule has 92 valence electrons. The summed E-state index contributed by atoms with van der Waals surface area (Å²) in [6.45, 7) is 0. The molecule has 1 aromatic rings. The third kappa shape index (κ3) is 3.50. The Morgan fingerprint density at radius 2 is 1.68 bits per heavy atom. The van der Waals surface area contributed by atoms with E-state index in [2.05, 4.69) is 0 Å². The first-order chi connectivity index (χ1) is 9.03. The highest BCUT2D eigenvalue weighted by Crippen LogP contribution is 2.24. The van der Waals surface area contributed by atoms with Gasteiger partial charge in [-0.1, -0.05) is 29.3 Å². The molecule has 0 aliphatic rings. The smallest absolute Gasteiger partial charge is 0.153 e. The summed E-state index contributed by atoms with van der Waals surface area (Å²) in [6, 6.07) is 9.84. The van der Waals surface area contributed by atoms with Crippen LogP contribution in [-0.2, 0) is 0 Å². The fourth-order valence-electron chi connectivity index (χ4n) is 1.22. The van der Waals surface area contributed by atoms with Crippen LogP contribution in [0, 0.1) is 34.0 Å². The lowest BCUT2D eigenvalue weighted by Gasteiger charge is -2.01.